The van der Waals surface area contributed by atoms with Crippen LogP contribution in [0.1, 0.15) is 10.5 Å². The van der Waals surface area contributed by atoms with E-state index in [0.717, 1.165) is 3.79 Å². The second-order valence-corrected chi connectivity index (χ2v) is 5.27. The Morgan fingerprint density at radius 2 is 2.24 bits per heavy atom. The van der Waals surface area contributed by atoms with Gasteiger partial charge < -0.3 is 5.43 Å². The van der Waals surface area contributed by atoms with E-state index in [9.17, 15) is 4.79 Å². The molecule has 88 valence electrons. The Labute approximate surface area is 109 Å². The molecule has 0 bridgehead atoms. The van der Waals surface area contributed by atoms with Crippen LogP contribution in [0, 0.1) is 0 Å². The van der Waals surface area contributed by atoms with Crippen molar-refractivity contribution in [3.63, 3.8) is 0 Å². The van der Waals surface area contributed by atoms with E-state index in [-0.39, 0.29) is 5.69 Å². The molecule has 0 saturated carbocycles. The molecule has 0 atom stereocenters. The lowest BCUT2D eigenvalue weighted by Crippen LogP contribution is -2.16. The van der Waals surface area contributed by atoms with Crippen LogP contribution in [0.5, 0.6) is 0 Å². The molecule has 17 heavy (non-hydrogen) atoms. The molecule has 2 rings (SSSR count). The number of hydrogen-bond donors (Lipinski definition) is 3. The van der Waals surface area contributed by atoms with E-state index in [1.165, 1.54) is 23.7 Å². The number of anilines is 2. The lowest BCUT2D eigenvalue weighted by molar-refractivity contribution is 0.102. The van der Waals surface area contributed by atoms with Crippen LogP contribution in [0.2, 0.25) is 0 Å². The minimum absolute atomic E-state index is 0.159. The maximum atomic E-state index is 11.8. The van der Waals surface area contributed by atoms with Crippen LogP contribution in [0.15, 0.2) is 22.4 Å². The summed E-state index contributed by atoms with van der Waals surface area (Å²) in [4.78, 5) is 23.5. The summed E-state index contributed by atoms with van der Waals surface area (Å²) < 4.78 is 0.830. The molecule has 0 spiro atoms. The number of carbonyl (C=O) groups is 1. The molecule has 4 N–H and O–H groups in total. The van der Waals surface area contributed by atoms with Gasteiger partial charge in [-0.05, 0) is 15.9 Å². The highest BCUT2D eigenvalue weighted by Crippen LogP contribution is 2.23. The van der Waals surface area contributed by atoms with Crippen molar-refractivity contribution in [1.82, 2.24) is 15.0 Å². The smallest absolute Gasteiger partial charge is 0.277 e. The first kappa shape index (κ1) is 11.9. The topological polar surface area (TPSA) is 106 Å². The van der Waals surface area contributed by atoms with Crippen molar-refractivity contribution in [1.29, 1.82) is 0 Å². The molecule has 0 aliphatic rings. The second-order valence-electron chi connectivity index (χ2n) is 2.86. The fourth-order valence-corrected chi connectivity index (χ4v) is 2.12. The molecule has 0 fully saturated rings. The lowest BCUT2D eigenvalue weighted by Gasteiger charge is -2.02. The molecule has 0 aromatic carbocycles. The number of aromatic nitrogens is 3. The van der Waals surface area contributed by atoms with Crippen molar-refractivity contribution < 1.29 is 4.79 Å². The Bertz CT molecular complexity index is 544. The summed E-state index contributed by atoms with van der Waals surface area (Å²) in [5, 5.41) is 3.08. The maximum absolute atomic E-state index is 11.8. The van der Waals surface area contributed by atoms with Gasteiger partial charge in [0.05, 0.1) is 22.4 Å². The van der Waals surface area contributed by atoms with Crippen LogP contribution in [-0.2, 0) is 0 Å². The zero-order chi connectivity index (χ0) is 12.3. The molecule has 7 nitrogen and oxygen atoms in total. The molecular formula is C8H7BrN6OS. The van der Waals surface area contributed by atoms with Crippen molar-refractivity contribution in [2.75, 3.05) is 10.7 Å². The van der Waals surface area contributed by atoms with Gasteiger partial charge in [0.15, 0.2) is 10.9 Å². The predicted octanol–water partition coefficient (Wildman–Crippen LogP) is 1.23. The number of nitrogens with one attached hydrogen (secondary N) is 2. The van der Waals surface area contributed by atoms with Gasteiger partial charge in [-0.2, -0.15) is 0 Å². The summed E-state index contributed by atoms with van der Waals surface area (Å²) in [7, 11) is 0. The molecule has 9 heteroatoms. The standard InChI is InChI=1S/C8H7BrN6OS/c9-5-2-12-8(17-5)14-7(16)4-1-11-3-6(13-4)15-10/h1-3H,10H2,(H,13,15)(H,12,14,16). The number of hydrogen-bond acceptors (Lipinski definition) is 7. The monoisotopic (exact) mass is 314 g/mol. The van der Waals surface area contributed by atoms with E-state index in [0.29, 0.717) is 10.9 Å². The van der Waals surface area contributed by atoms with Crippen LogP contribution in [-0.4, -0.2) is 20.9 Å². The van der Waals surface area contributed by atoms with Crippen LogP contribution in [0.4, 0.5) is 10.9 Å². The molecule has 1 amide bonds. The first-order valence-corrected chi connectivity index (χ1v) is 6.01. The van der Waals surface area contributed by atoms with Gasteiger partial charge in [-0.15, -0.1) is 0 Å². The summed E-state index contributed by atoms with van der Waals surface area (Å²) in [6.45, 7) is 0. The van der Waals surface area contributed by atoms with Crippen molar-refractivity contribution in [2.24, 2.45) is 5.84 Å². The van der Waals surface area contributed by atoms with E-state index in [1.54, 1.807) is 6.20 Å². The first-order chi connectivity index (χ1) is 8.19. The summed E-state index contributed by atoms with van der Waals surface area (Å²) in [6, 6.07) is 0. The van der Waals surface area contributed by atoms with Gasteiger partial charge in [0.1, 0.15) is 5.69 Å². The van der Waals surface area contributed by atoms with Crippen LogP contribution < -0.4 is 16.6 Å². The van der Waals surface area contributed by atoms with Crippen LogP contribution >= 0.6 is 27.3 Å². The van der Waals surface area contributed by atoms with E-state index in [2.05, 4.69) is 41.6 Å². The minimum Gasteiger partial charge on any atom is -0.307 e. The number of rotatable bonds is 3. The Morgan fingerprint density at radius 3 is 2.88 bits per heavy atom. The molecule has 2 heterocycles. The Balaban J connectivity index is 2.14. The third-order valence-corrected chi connectivity index (χ3v) is 3.10. The Kier molecular flexibility index (Phi) is 3.61. The molecule has 0 aliphatic heterocycles. The van der Waals surface area contributed by atoms with Crippen molar-refractivity contribution >= 4 is 44.1 Å². The van der Waals surface area contributed by atoms with E-state index in [1.807, 2.05) is 0 Å². The molecule has 2 aromatic heterocycles. The zero-order valence-corrected chi connectivity index (χ0v) is 10.7. The van der Waals surface area contributed by atoms with E-state index < -0.39 is 5.91 Å². The summed E-state index contributed by atoms with van der Waals surface area (Å²) in [5.41, 5.74) is 2.48. The van der Waals surface area contributed by atoms with Gasteiger partial charge >= 0.3 is 0 Å². The van der Waals surface area contributed by atoms with E-state index >= 15 is 0 Å². The highest BCUT2D eigenvalue weighted by molar-refractivity contribution is 9.11. The third-order valence-electron chi connectivity index (χ3n) is 1.71. The van der Waals surface area contributed by atoms with Gasteiger partial charge in [0.2, 0.25) is 0 Å². The normalized spacial score (nSPS) is 10.0. The van der Waals surface area contributed by atoms with Gasteiger partial charge in [0.25, 0.3) is 5.91 Å². The maximum Gasteiger partial charge on any atom is 0.277 e. The number of halogens is 1. The zero-order valence-electron chi connectivity index (χ0n) is 8.35. The number of amides is 1. The molecule has 0 aliphatic carbocycles. The minimum atomic E-state index is -0.392. The largest absolute Gasteiger partial charge is 0.307 e. The summed E-state index contributed by atoms with van der Waals surface area (Å²) in [6.07, 6.45) is 4.36. The second kappa shape index (κ2) is 5.17. The summed E-state index contributed by atoms with van der Waals surface area (Å²) >= 11 is 4.56. The number of nitrogens with zero attached hydrogens (tertiary/aromatic N) is 3. The number of nitrogens with two attached hydrogens (primary N) is 1. The van der Waals surface area contributed by atoms with E-state index in [4.69, 9.17) is 5.84 Å². The molecule has 0 unspecified atom stereocenters. The van der Waals surface area contributed by atoms with Crippen LogP contribution in [0.3, 0.4) is 0 Å². The average molecular weight is 315 g/mol. The van der Waals surface area contributed by atoms with Crippen molar-refractivity contribution in [3.8, 4) is 0 Å². The van der Waals surface area contributed by atoms with Gasteiger partial charge in [-0.1, -0.05) is 11.3 Å². The van der Waals surface area contributed by atoms with Crippen molar-refractivity contribution in [3.05, 3.63) is 28.1 Å². The fourth-order valence-electron chi connectivity index (χ4n) is 1.02. The van der Waals surface area contributed by atoms with Crippen molar-refractivity contribution in [2.45, 2.75) is 0 Å². The lowest BCUT2D eigenvalue weighted by atomic mass is 10.4. The highest BCUT2D eigenvalue weighted by atomic mass is 79.9. The molecular weight excluding hydrogens is 308 g/mol. The Hall–Kier alpha value is -1.58. The molecule has 0 saturated heterocycles. The fraction of sp³-hybridized carbons (Fsp3) is 0. The molecule has 2 aromatic rings. The quantitative estimate of drug-likeness (QED) is 0.581. The van der Waals surface area contributed by atoms with Gasteiger partial charge in [0, 0.05) is 0 Å². The van der Waals surface area contributed by atoms with Crippen LogP contribution in [0.25, 0.3) is 0 Å². The summed E-state index contributed by atoms with van der Waals surface area (Å²) in [5.74, 6) is 5.10. The SMILES string of the molecule is NNc1cncc(C(=O)Nc2ncc(Br)s2)n1. The number of carbonyl (C=O) groups excluding carboxylic acids is 1. The Morgan fingerprint density at radius 1 is 1.41 bits per heavy atom. The number of hydrazine groups is 1. The first-order valence-electron chi connectivity index (χ1n) is 4.40. The highest BCUT2D eigenvalue weighted by Gasteiger charge is 2.10. The van der Waals surface area contributed by atoms with Gasteiger partial charge in [-0.25, -0.2) is 15.8 Å². The average Bonchev–Trinajstić information content (AvgIpc) is 2.75. The van der Waals surface area contributed by atoms with Gasteiger partial charge in [-0.3, -0.25) is 15.1 Å². The molecule has 0 radical (unpaired) electrons. The number of nitrogen functional groups attached to an aromatic ring is 1. The number of thiazole rings is 1. The third kappa shape index (κ3) is 2.96. The predicted molar refractivity (Wildman–Crippen MR) is 67.6 cm³/mol.